The van der Waals surface area contributed by atoms with Gasteiger partial charge in [-0.3, -0.25) is 9.59 Å². The molecule has 3 saturated heterocycles. The molecule has 7 heteroatoms. The molecule has 2 aromatic carbocycles. The van der Waals surface area contributed by atoms with Crippen LogP contribution in [0.1, 0.15) is 55.6 Å². The number of nitrogens with one attached hydrogen (secondary N) is 1. The third-order valence-corrected chi connectivity index (χ3v) is 8.41. The summed E-state index contributed by atoms with van der Waals surface area (Å²) in [7, 11) is 3.32. The van der Waals surface area contributed by atoms with Gasteiger partial charge in [0.1, 0.15) is 11.5 Å². The predicted molar refractivity (Wildman–Crippen MR) is 136 cm³/mol. The monoisotopic (exact) mass is 492 g/mol. The molecule has 0 bridgehead atoms. The average molecular weight is 493 g/mol. The van der Waals surface area contributed by atoms with Crippen molar-refractivity contribution in [1.29, 1.82) is 0 Å². The minimum absolute atomic E-state index is 0.0487. The number of carbonyl (C=O) groups is 2. The number of hydrogen-bond acceptors (Lipinski definition) is 5. The normalized spacial score (nSPS) is 25.8. The zero-order chi connectivity index (χ0) is 25.2. The van der Waals surface area contributed by atoms with E-state index in [-0.39, 0.29) is 17.7 Å². The first-order chi connectivity index (χ1) is 17.5. The van der Waals surface area contributed by atoms with Gasteiger partial charge in [0.15, 0.2) is 0 Å². The van der Waals surface area contributed by atoms with E-state index in [1.54, 1.807) is 14.2 Å². The van der Waals surface area contributed by atoms with Crippen molar-refractivity contribution in [2.24, 2.45) is 0 Å². The fourth-order valence-electron chi connectivity index (χ4n) is 6.48. The fourth-order valence-corrected chi connectivity index (χ4v) is 6.48. The summed E-state index contributed by atoms with van der Waals surface area (Å²) < 4.78 is 16.8. The zero-order valence-corrected chi connectivity index (χ0v) is 21.3. The van der Waals surface area contributed by atoms with E-state index in [1.807, 2.05) is 47.4 Å². The van der Waals surface area contributed by atoms with Crippen LogP contribution in [0.5, 0.6) is 11.5 Å². The molecule has 192 valence electrons. The Morgan fingerprint density at radius 1 is 1.00 bits per heavy atom. The molecule has 2 amide bonds. The second kappa shape index (κ2) is 10.1. The average Bonchev–Trinajstić information content (AvgIpc) is 3.18. The van der Waals surface area contributed by atoms with Crippen LogP contribution in [-0.2, 0) is 19.7 Å². The SMILES string of the molecule is COc1ccc(C2(C(=O)N3C[C@@H](c4ccccc4OC)[C@@]4(CCCCC(=O)N4)C3)CCOCC2)cc1. The summed E-state index contributed by atoms with van der Waals surface area (Å²) in [6.07, 6.45) is 4.45. The van der Waals surface area contributed by atoms with Crippen LogP contribution in [0.2, 0.25) is 0 Å². The van der Waals surface area contributed by atoms with Crippen molar-refractivity contribution in [3.05, 3.63) is 59.7 Å². The van der Waals surface area contributed by atoms with Gasteiger partial charge in [-0.1, -0.05) is 36.8 Å². The number of methoxy groups -OCH3 is 2. The van der Waals surface area contributed by atoms with Crippen LogP contribution in [0, 0.1) is 0 Å². The summed E-state index contributed by atoms with van der Waals surface area (Å²) >= 11 is 0. The molecule has 36 heavy (non-hydrogen) atoms. The molecule has 0 radical (unpaired) electrons. The van der Waals surface area contributed by atoms with Gasteiger partial charge >= 0.3 is 0 Å². The summed E-state index contributed by atoms with van der Waals surface area (Å²) in [6, 6.07) is 15.9. The molecule has 0 unspecified atom stereocenters. The van der Waals surface area contributed by atoms with Gasteiger partial charge in [0.25, 0.3) is 0 Å². The topological polar surface area (TPSA) is 77.1 Å². The van der Waals surface area contributed by atoms with E-state index in [9.17, 15) is 9.59 Å². The minimum atomic E-state index is -0.657. The first kappa shape index (κ1) is 24.6. The third kappa shape index (κ3) is 4.34. The standard InChI is InChI=1S/C29H36N2O5/c1-34-22-12-10-21(11-13-22)28(15-17-36-18-16-28)27(33)31-19-24(23-7-3-4-8-25(23)35-2)29(20-31)14-6-5-9-26(32)30-29/h3-4,7-8,10-13,24H,5-6,9,14-20H2,1-2H3,(H,30,32)/t24-,29+/m0/s1. The maximum absolute atomic E-state index is 14.5. The Balaban J connectivity index is 1.54. The summed E-state index contributed by atoms with van der Waals surface area (Å²) in [4.78, 5) is 29.3. The van der Waals surface area contributed by atoms with Crippen molar-refractivity contribution < 1.29 is 23.8 Å². The molecule has 3 fully saturated rings. The molecule has 5 rings (SSSR count). The van der Waals surface area contributed by atoms with Crippen molar-refractivity contribution in [1.82, 2.24) is 10.2 Å². The van der Waals surface area contributed by atoms with E-state index in [2.05, 4.69) is 11.4 Å². The highest BCUT2D eigenvalue weighted by Gasteiger charge is 2.54. The highest BCUT2D eigenvalue weighted by Crippen LogP contribution is 2.46. The van der Waals surface area contributed by atoms with Gasteiger partial charge in [0, 0.05) is 44.2 Å². The molecule has 2 atom stereocenters. The highest BCUT2D eigenvalue weighted by molar-refractivity contribution is 5.89. The van der Waals surface area contributed by atoms with Crippen molar-refractivity contribution in [2.45, 2.75) is 55.4 Å². The van der Waals surface area contributed by atoms with Crippen LogP contribution < -0.4 is 14.8 Å². The molecule has 7 nitrogen and oxygen atoms in total. The minimum Gasteiger partial charge on any atom is -0.497 e. The number of carbonyl (C=O) groups excluding carboxylic acids is 2. The lowest BCUT2D eigenvalue weighted by Gasteiger charge is -2.39. The largest absolute Gasteiger partial charge is 0.497 e. The van der Waals surface area contributed by atoms with Crippen LogP contribution >= 0.6 is 0 Å². The first-order valence-corrected chi connectivity index (χ1v) is 13.0. The van der Waals surface area contributed by atoms with Gasteiger partial charge in [0.2, 0.25) is 11.8 Å². The molecule has 3 heterocycles. The molecule has 1 spiro atoms. The maximum atomic E-state index is 14.5. The van der Waals surface area contributed by atoms with Gasteiger partial charge in [-0.2, -0.15) is 0 Å². The number of nitrogens with zero attached hydrogens (tertiary/aromatic N) is 1. The van der Waals surface area contributed by atoms with Gasteiger partial charge in [-0.25, -0.2) is 0 Å². The number of rotatable bonds is 5. The highest BCUT2D eigenvalue weighted by atomic mass is 16.5. The molecule has 0 saturated carbocycles. The van der Waals surface area contributed by atoms with E-state index in [4.69, 9.17) is 14.2 Å². The van der Waals surface area contributed by atoms with E-state index < -0.39 is 11.0 Å². The molecule has 2 aromatic rings. The number of benzene rings is 2. The molecule has 0 aliphatic carbocycles. The molecular weight excluding hydrogens is 456 g/mol. The van der Waals surface area contributed by atoms with Crippen molar-refractivity contribution in [3.8, 4) is 11.5 Å². The molecule has 3 aliphatic rings. The van der Waals surface area contributed by atoms with Crippen molar-refractivity contribution in [3.63, 3.8) is 0 Å². The lowest BCUT2D eigenvalue weighted by molar-refractivity contribution is -0.140. The Labute approximate surface area is 213 Å². The summed E-state index contributed by atoms with van der Waals surface area (Å²) in [6.45, 7) is 2.13. The van der Waals surface area contributed by atoms with Gasteiger partial charge in [0.05, 0.1) is 25.2 Å². The predicted octanol–water partition coefficient (Wildman–Crippen LogP) is 3.81. The lowest BCUT2D eigenvalue weighted by Crippen LogP contribution is -2.54. The number of likely N-dealkylation sites (tertiary alicyclic amines) is 1. The molecular formula is C29H36N2O5. The van der Waals surface area contributed by atoms with Crippen molar-refractivity contribution in [2.75, 3.05) is 40.5 Å². The summed E-state index contributed by atoms with van der Waals surface area (Å²) in [5.74, 6) is 1.70. The summed E-state index contributed by atoms with van der Waals surface area (Å²) in [5, 5.41) is 3.38. The first-order valence-electron chi connectivity index (χ1n) is 13.0. The Morgan fingerprint density at radius 3 is 2.47 bits per heavy atom. The zero-order valence-electron chi connectivity index (χ0n) is 21.3. The van der Waals surface area contributed by atoms with Gasteiger partial charge in [-0.15, -0.1) is 0 Å². The number of amides is 2. The van der Waals surface area contributed by atoms with Crippen LogP contribution in [0.25, 0.3) is 0 Å². The lowest BCUT2D eigenvalue weighted by atomic mass is 9.73. The Kier molecular flexibility index (Phi) is 6.93. The number of para-hydroxylation sites is 1. The second-order valence-electron chi connectivity index (χ2n) is 10.3. The fraction of sp³-hybridized carbons (Fsp3) is 0.517. The van der Waals surface area contributed by atoms with Crippen LogP contribution in [-0.4, -0.2) is 62.8 Å². The van der Waals surface area contributed by atoms with Gasteiger partial charge in [-0.05, 0) is 49.4 Å². The maximum Gasteiger partial charge on any atom is 0.233 e. The Morgan fingerprint density at radius 2 is 1.75 bits per heavy atom. The number of ether oxygens (including phenoxy) is 3. The van der Waals surface area contributed by atoms with Crippen LogP contribution in [0.4, 0.5) is 0 Å². The van der Waals surface area contributed by atoms with Gasteiger partial charge < -0.3 is 24.4 Å². The Hall–Kier alpha value is -3.06. The van der Waals surface area contributed by atoms with E-state index >= 15 is 0 Å². The Bertz CT molecular complexity index is 1100. The van der Waals surface area contributed by atoms with E-state index in [0.29, 0.717) is 45.6 Å². The summed E-state index contributed by atoms with van der Waals surface area (Å²) in [5.41, 5.74) is 0.875. The van der Waals surface area contributed by atoms with Crippen LogP contribution in [0.3, 0.4) is 0 Å². The quantitative estimate of drug-likeness (QED) is 0.687. The molecule has 0 aromatic heterocycles. The van der Waals surface area contributed by atoms with E-state index in [1.165, 1.54) is 0 Å². The number of hydrogen-bond donors (Lipinski definition) is 1. The molecule has 3 aliphatic heterocycles. The van der Waals surface area contributed by atoms with Crippen molar-refractivity contribution >= 4 is 11.8 Å². The van der Waals surface area contributed by atoms with E-state index in [0.717, 1.165) is 41.9 Å². The molecule has 1 N–H and O–H groups in total. The smallest absolute Gasteiger partial charge is 0.233 e. The third-order valence-electron chi connectivity index (χ3n) is 8.41. The second-order valence-corrected chi connectivity index (χ2v) is 10.3. The van der Waals surface area contributed by atoms with Crippen LogP contribution in [0.15, 0.2) is 48.5 Å².